The van der Waals surface area contributed by atoms with Crippen LogP contribution in [-0.4, -0.2) is 40.4 Å². The third-order valence-electron chi connectivity index (χ3n) is 6.53. The average Bonchev–Trinajstić information content (AvgIpc) is 2.98. The molecular weight excluding hydrogens is 374 g/mol. The normalized spacial score (nSPS) is 26.5. The Hall–Kier alpha value is -2.89. The van der Waals surface area contributed by atoms with Gasteiger partial charge in [0.1, 0.15) is 11.4 Å². The number of anilines is 1. The first kappa shape index (κ1) is 20.4. The van der Waals surface area contributed by atoms with Gasteiger partial charge in [-0.1, -0.05) is 49.2 Å². The molecule has 1 saturated heterocycles. The first-order valence-electron chi connectivity index (χ1n) is 10.9. The Morgan fingerprint density at radius 2 is 2.00 bits per heavy atom. The van der Waals surface area contributed by atoms with Gasteiger partial charge in [-0.15, -0.1) is 0 Å². The number of benzene rings is 1. The average molecular weight is 406 g/mol. The highest BCUT2D eigenvalue weighted by atomic mass is 16.2. The summed E-state index contributed by atoms with van der Waals surface area (Å²) < 4.78 is 0. The van der Waals surface area contributed by atoms with E-state index in [1.807, 2.05) is 42.6 Å². The second-order valence-electron chi connectivity index (χ2n) is 8.70. The van der Waals surface area contributed by atoms with Crippen LogP contribution in [-0.2, 0) is 11.2 Å². The number of aryl methyl sites for hydroxylation is 1. The van der Waals surface area contributed by atoms with Crippen molar-refractivity contribution >= 4 is 17.7 Å². The quantitative estimate of drug-likeness (QED) is 0.654. The number of pyridine rings is 1. The van der Waals surface area contributed by atoms with E-state index in [0.717, 1.165) is 44.3 Å². The van der Waals surface area contributed by atoms with Crippen LogP contribution in [0.25, 0.3) is 0 Å². The van der Waals surface area contributed by atoms with Crippen molar-refractivity contribution in [3.05, 3.63) is 60.3 Å². The maximum absolute atomic E-state index is 13.2. The molecule has 0 radical (unpaired) electrons. The van der Waals surface area contributed by atoms with Gasteiger partial charge in [0.2, 0.25) is 0 Å². The van der Waals surface area contributed by atoms with Crippen LogP contribution in [0.5, 0.6) is 0 Å². The largest absolute Gasteiger partial charge is 0.367 e. The van der Waals surface area contributed by atoms with E-state index < -0.39 is 5.54 Å². The minimum absolute atomic E-state index is 0.0308. The highest BCUT2D eigenvalue weighted by Crippen LogP contribution is 2.36. The lowest BCUT2D eigenvalue weighted by atomic mass is 9.75. The zero-order valence-electron chi connectivity index (χ0n) is 17.6. The molecule has 2 heterocycles. The van der Waals surface area contributed by atoms with Gasteiger partial charge in [-0.3, -0.25) is 15.1 Å². The molecule has 1 unspecified atom stereocenters. The first-order valence-corrected chi connectivity index (χ1v) is 10.9. The maximum Gasteiger partial charge on any atom is 0.254 e. The Kier molecular flexibility index (Phi) is 6.02. The van der Waals surface area contributed by atoms with E-state index in [4.69, 9.17) is 5.41 Å². The van der Waals surface area contributed by atoms with Gasteiger partial charge in [-0.05, 0) is 55.7 Å². The van der Waals surface area contributed by atoms with Crippen LogP contribution in [0.2, 0.25) is 0 Å². The Morgan fingerprint density at radius 3 is 2.70 bits per heavy atom. The number of hydrogen-bond acceptors (Lipinski definition) is 4. The van der Waals surface area contributed by atoms with Gasteiger partial charge < -0.3 is 10.6 Å². The molecular formula is C24H31N5O. The number of carbonyl (C=O) groups excluding carboxylic acids is 1. The van der Waals surface area contributed by atoms with Gasteiger partial charge in [0, 0.05) is 19.3 Å². The molecule has 3 N–H and O–H groups in total. The number of guanidine groups is 1. The topological polar surface area (TPSA) is 81.1 Å². The Labute approximate surface area is 178 Å². The maximum atomic E-state index is 13.2. The fourth-order valence-corrected chi connectivity index (χ4v) is 4.96. The summed E-state index contributed by atoms with van der Waals surface area (Å²) in [6.45, 7) is 0. The molecule has 6 nitrogen and oxygen atoms in total. The summed E-state index contributed by atoms with van der Waals surface area (Å²) in [4.78, 5) is 19.1. The molecule has 1 aromatic carbocycles. The zero-order valence-corrected chi connectivity index (χ0v) is 17.6. The number of hydrogen-bond donors (Lipinski definition) is 3. The molecule has 1 aliphatic carbocycles. The molecule has 0 spiro atoms. The van der Waals surface area contributed by atoms with E-state index in [2.05, 4.69) is 27.8 Å². The van der Waals surface area contributed by atoms with Crippen molar-refractivity contribution in [3.8, 4) is 0 Å². The molecule has 2 fully saturated rings. The number of nitrogens with one attached hydrogen (secondary N) is 3. The summed E-state index contributed by atoms with van der Waals surface area (Å²) in [5, 5.41) is 15.0. The summed E-state index contributed by atoms with van der Waals surface area (Å²) in [6.07, 6.45) is 8.53. The lowest BCUT2D eigenvalue weighted by Gasteiger charge is -2.36. The SMILES string of the molecule is CN1C(=N)NC(CCc2ccccc2)(C[C@H]2CCC[C@H](Nc3ccccn3)C2)C1=O. The van der Waals surface area contributed by atoms with E-state index in [0.29, 0.717) is 18.4 Å². The third kappa shape index (κ3) is 4.48. The predicted molar refractivity (Wildman–Crippen MR) is 119 cm³/mol. The lowest BCUT2D eigenvalue weighted by molar-refractivity contribution is -0.131. The fourth-order valence-electron chi connectivity index (χ4n) is 4.96. The second kappa shape index (κ2) is 8.86. The molecule has 1 aliphatic heterocycles. The van der Waals surface area contributed by atoms with Crippen molar-refractivity contribution in [1.82, 2.24) is 15.2 Å². The van der Waals surface area contributed by atoms with Gasteiger partial charge in [-0.2, -0.15) is 0 Å². The second-order valence-corrected chi connectivity index (χ2v) is 8.70. The molecule has 1 aromatic heterocycles. The number of carbonyl (C=O) groups is 1. The van der Waals surface area contributed by atoms with Crippen LogP contribution in [0, 0.1) is 11.3 Å². The lowest BCUT2D eigenvalue weighted by Crippen LogP contribution is -2.49. The van der Waals surface area contributed by atoms with Crippen molar-refractivity contribution < 1.29 is 4.79 Å². The van der Waals surface area contributed by atoms with Crippen LogP contribution < -0.4 is 10.6 Å². The van der Waals surface area contributed by atoms with Crippen molar-refractivity contribution in [2.24, 2.45) is 5.92 Å². The predicted octanol–water partition coefficient (Wildman–Crippen LogP) is 3.81. The summed E-state index contributed by atoms with van der Waals surface area (Å²) in [6, 6.07) is 16.6. The fraction of sp³-hybridized carbons (Fsp3) is 0.458. The van der Waals surface area contributed by atoms with Crippen molar-refractivity contribution in [3.63, 3.8) is 0 Å². The summed E-state index contributed by atoms with van der Waals surface area (Å²) in [7, 11) is 1.70. The highest BCUT2D eigenvalue weighted by molar-refractivity contribution is 6.07. The van der Waals surface area contributed by atoms with Crippen LogP contribution >= 0.6 is 0 Å². The summed E-state index contributed by atoms with van der Waals surface area (Å²) in [5.74, 6) is 1.60. The number of rotatable bonds is 7. The minimum Gasteiger partial charge on any atom is -0.367 e. The highest BCUT2D eigenvalue weighted by Gasteiger charge is 2.49. The molecule has 4 rings (SSSR count). The van der Waals surface area contributed by atoms with E-state index in [9.17, 15) is 4.79 Å². The van der Waals surface area contributed by atoms with Gasteiger partial charge in [0.25, 0.3) is 5.91 Å². The third-order valence-corrected chi connectivity index (χ3v) is 6.53. The molecule has 3 atom stereocenters. The standard InChI is InChI=1S/C24H31N5O/c1-29-22(30)24(28-23(29)25,14-13-18-8-3-2-4-9-18)17-19-10-7-11-20(16-19)27-21-12-5-6-15-26-21/h2-6,8-9,12,15,19-20H,7,10-11,13-14,16-17H2,1H3,(H2,25,28)(H,26,27)/t19-,20-,24?/m0/s1. The van der Waals surface area contributed by atoms with Crippen molar-refractivity contribution in [2.45, 2.75) is 56.5 Å². The number of nitrogens with zero attached hydrogens (tertiary/aromatic N) is 2. The van der Waals surface area contributed by atoms with Gasteiger partial charge in [0.05, 0.1) is 0 Å². The Bertz CT molecular complexity index is 872. The molecule has 6 heteroatoms. The molecule has 2 aromatic rings. The number of likely N-dealkylation sites (N-methyl/N-ethyl adjacent to an activating group) is 1. The van der Waals surface area contributed by atoms with Gasteiger partial charge >= 0.3 is 0 Å². The first-order chi connectivity index (χ1) is 14.6. The monoisotopic (exact) mass is 405 g/mol. The van der Waals surface area contributed by atoms with Gasteiger partial charge in [0.15, 0.2) is 5.96 Å². The summed E-state index contributed by atoms with van der Waals surface area (Å²) in [5.41, 5.74) is 0.546. The zero-order chi connectivity index (χ0) is 21.0. The van der Waals surface area contributed by atoms with Crippen LogP contribution in [0.15, 0.2) is 54.7 Å². The smallest absolute Gasteiger partial charge is 0.254 e. The van der Waals surface area contributed by atoms with E-state index in [1.54, 1.807) is 7.05 Å². The van der Waals surface area contributed by atoms with Crippen molar-refractivity contribution in [1.29, 1.82) is 5.41 Å². The van der Waals surface area contributed by atoms with Crippen LogP contribution in [0.4, 0.5) is 5.82 Å². The number of amides is 1. The molecule has 0 bridgehead atoms. The molecule has 30 heavy (non-hydrogen) atoms. The van der Waals surface area contributed by atoms with E-state index >= 15 is 0 Å². The summed E-state index contributed by atoms with van der Waals surface area (Å²) >= 11 is 0. The van der Waals surface area contributed by atoms with Crippen LogP contribution in [0.3, 0.4) is 0 Å². The minimum atomic E-state index is -0.681. The molecule has 1 amide bonds. The Morgan fingerprint density at radius 1 is 1.20 bits per heavy atom. The van der Waals surface area contributed by atoms with Crippen molar-refractivity contribution in [2.75, 3.05) is 12.4 Å². The molecule has 1 saturated carbocycles. The molecule has 158 valence electrons. The molecule has 2 aliphatic rings. The van der Waals surface area contributed by atoms with E-state index in [-0.39, 0.29) is 11.9 Å². The van der Waals surface area contributed by atoms with E-state index in [1.165, 1.54) is 10.5 Å². The van der Waals surface area contributed by atoms with Gasteiger partial charge in [-0.25, -0.2) is 4.98 Å². The van der Waals surface area contributed by atoms with Crippen LogP contribution in [0.1, 0.15) is 44.1 Å². The Balaban J connectivity index is 1.46. The number of aromatic nitrogens is 1.